The Balaban J connectivity index is 2.10. The third kappa shape index (κ3) is 4.55. The van der Waals surface area contributed by atoms with Gasteiger partial charge in [0.25, 0.3) is 0 Å². The number of nitrogens with one attached hydrogen (secondary N) is 1. The SMILES string of the molecule is CCOC(=O)c1c(NC(=O)CN2CCOC(C)C2)sc(C)c1CC. The van der Waals surface area contributed by atoms with Crippen molar-refractivity contribution < 1.29 is 19.1 Å². The molecule has 1 aromatic heterocycles. The molecule has 1 aliphatic rings. The third-order valence-electron chi connectivity index (χ3n) is 3.99. The Hall–Kier alpha value is -1.44. The first-order valence-corrected chi connectivity index (χ1v) is 9.21. The van der Waals surface area contributed by atoms with Crippen molar-refractivity contribution in [3.8, 4) is 0 Å². The summed E-state index contributed by atoms with van der Waals surface area (Å²) in [5.74, 6) is -0.479. The number of carbonyl (C=O) groups excluding carboxylic acids is 2. The minimum absolute atomic E-state index is 0.112. The molecule has 0 aromatic carbocycles. The first-order valence-electron chi connectivity index (χ1n) is 8.39. The van der Waals surface area contributed by atoms with Gasteiger partial charge in [0.15, 0.2) is 0 Å². The minimum atomic E-state index is -0.367. The first-order chi connectivity index (χ1) is 11.5. The van der Waals surface area contributed by atoms with E-state index in [9.17, 15) is 9.59 Å². The molecule has 24 heavy (non-hydrogen) atoms. The van der Waals surface area contributed by atoms with E-state index in [0.29, 0.717) is 30.3 Å². The number of morpholine rings is 1. The van der Waals surface area contributed by atoms with Crippen molar-refractivity contribution in [2.24, 2.45) is 0 Å². The highest BCUT2D eigenvalue weighted by Crippen LogP contribution is 2.34. The molecule has 1 aliphatic heterocycles. The second kappa shape index (κ2) is 8.60. The van der Waals surface area contributed by atoms with E-state index in [4.69, 9.17) is 9.47 Å². The molecule has 0 bridgehead atoms. The van der Waals surface area contributed by atoms with Crippen LogP contribution in [0.25, 0.3) is 0 Å². The van der Waals surface area contributed by atoms with Gasteiger partial charge in [0.05, 0.1) is 31.4 Å². The van der Waals surface area contributed by atoms with Crippen molar-refractivity contribution in [1.29, 1.82) is 0 Å². The molecule has 1 aromatic rings. The van der Waals surface area contributed by atoms with Crippen molar-refractivity contribution in [2.45, 2.75) is 40.2 Å². The predicted molar refractivity (Wildman–Crippen MR) is 94.9 cm³/mol. The molecular formula is C17H26N2O4S. The van der Waals surface area contributed by atoms with Crippen molar-refractivity contribution in [3.05, 3.63) is 16.0 Å². The first kappa shape index (κ1) is 18.9. The largest absolute Gasteiger partial charge is 0.462 e. The lowest BCUT2D eigenvalue weighted by atomic mass is 10.1. The Morgan fingerprint density at radius 2 is 2.17 bits per heavy atom. The molecule has 1 atom stereocenters. The fraction of sp³-hybridized carbons (Fsp3) is 0.647. The standard InChI is InChI=1S/C17H26N2O4S/c1-5-13-12(4)24-16(15(13)17(21)22-6-2)18-14(20)10-19-7-8-23-11(3)9-19/h11H,5-10H2,1-4H3,(H,18,20). The minimum Gasteiger partial charge on any atom is -0.462 e. The molecule has 134 valence electrons. The molecule has 2 heterocycles. The zero-order valence-electron chi connectivity index (χ0n) is 14.8. The summed E-state index contributed by atoms with van der Waals surface area (Å²) >= 11 is 1.43. The summed E-state index contributed by atoms with van der Waals surface area (Å²) in [5.41, 5.74) is 1.46. The topological polar surface area (TPSA) is 67.9 Å². The lowest BCUT2D eigenvalue weighted by molar-refractivity contribution is -0.119. The number of esters is 1. The predicted octanol–water partition coefficient (Wildman–Crippen LogP) is 2.45. The molecule has 0 radical (unpaired) electrons. The van der Waals surface area contributed by atoms with E-state index in [2.05, 4.69) is 10.2 Å². The molecule has 0 saturated carbocycles. The molecule has 2 rings (SSSR count). The molecule has 7 heteroatoms. The normalized spacial score (nSPS) is 18.4. The molecule has 1 fully saturated rings. The Bertz CT molecular complexity index is 600. The lowest BCUT2D eigenvalue weighted by Crippen LogP contribution is -2.44. The number of thiophene rings is 1. The number of nitrogens with zero attached hydrogens (tertiary/aromatic N) is 1. The van der Waals surface area contributed by atoms with Crippen LogP contribution in [0.15, 0.2) is 0 Å². The summed E-state index contributed by atoms with van der Waals surface area (Å²) in [5, 5.41) is 3.50. The van der Waals surface area contributed by atoms with Crippen LogP contribution in [-0.2, 0) is 20.7 Å². The van der Waals surface area contributed by atoms with Crippen LogP contribution in [0.1, 0.15) is 41.6 Å². The zero-order chi connectivity index (χ0) is 17.7. The van der Waals surface area contributed by atoms with Crippen LogP contribution in [0.5, 0.6) is 0 Å². The van der Waals surface area contributed by atoms with Gasteiger partial charge in [-0.05, 0) is 32.8 Å². The third-order valence-corrected chi connectivity index (χ3v) is 5.05. The van der Waals surface area contributed by atoms with Crippen molar-refractivity contribution >= 4 is 28.2 Å². The fourth-order valence-electron chi connectivity index (χ4n) is 2.92. The van der Waals surface area contributed by atoms with Gasteiger partial charge in [-0.15, -0.1) is 11.3 Å². The number of ether oxygens (including phenoxy) is 2. The molecule has 0 spiro atoms. The molecule has 0 aliphatic carbocycles. The van der Waals surface area contributed by atoms with Crippen LogP contribution < -0.4 is 5.32 Å². The number of carbonyl (C=O) groups is 2. The molecule has 6 nitrogen and oxygen atoms in total. The number of anilines is 1. The van der Waals surface area contributed by atoms with E-state index < -0.39 is 0 Å². The number of aryl methyl sites for hydroxylation is 1. The summed E-state index contributed by atoms with van der Waals surface area (Å²) in [7, 11) is 0. The van der Waals surface area contributed by atoms with E-state index in [1.165, 1.54) is 11.3 Å². The second-order valence-corrected chi connectivity index (χ2v) is 7.10. The van der Waals surface area contributed by atoms with Gasteiger partial charge in [0.1, 0.15) is 5.00 Å². The van der Waals surface area contributed by atoms with Crippen LogP contribution in [0, 0.1) is 6.92 Å². The quantitative estimate of drug-likeness (QED) is 0.795. The van der Waals surface area contributed by atoms with Gasteiger partial charge in [-0.25, -0.2) is 4.79 Å². The van der Waals surface area contributed by atoms with E-state index in [1.807, 2.05) is 20.8 Å². The zero-order valence-corrected chi connectivity index (χ0v) is 15.6. The monoisotopic (exact) mass is 354 g/mol. The average molecular weight is 354 g/mol. The Labute approximate surface area is 147 Å². The summed E-state index contributed by atoms with van der Waals surface area (Å²) in [4.78, 5) is 27.8. The Morgan fingerprint density at radius 1 is 1.42 bits per heavy atom. The van der Waals surface area contributed by atoms with E-state index >= 15 is 0 Å². The van der Waals surface area contributed by atoms with Gasteiger partial charge in [-0.3, -0.25) is 9.69 Å². The van der Waals surface area contributed by atoms with Crippen molar-refractivity contribution in [3.63, 3.8) is 0 Å². The highest BCUT2D eigenvalue weighted by Gasteiger charge is 2.25. The highest BCUT2D eigenvalue weighted by atomic mass is 32.1. The maximum Gasteiger partial charge on any atom is 0.341 e. The van der Waals surface area contributed by atoms with Crippen LogP contribution in [-0.4, -0.2) is 55.7 Å². The van der Waals surface area contributed by atoms with Crippen molar-refractivity contribution in [2.75, 3.05) is 38.2 Å². The second-order valence-electron chi connectivity index (χ2n) is 5.88. The Kier molecular flexibility index (Phi) is 6.77. The maximum absolute atomic E-state index is 12.4. The average Bonchev–Trinajstić information content (AvgIpc) is 2.82. The molecule has 1 saturated heterocycles. The van der Waals surface area contributed by atoms with Gasteiger partial charge in [-0.1, -0.05) is 6.92 Å². The van der Waals surface area contributed by atoms with E-state index in [-0.39, 0.29) is 18.0 Å². The summed E-state index contributed by atoms with van der Waals surface area (Å²) in [6.07, 6.45) is 0.866. The van der Waals surface area contributed by atoms with E-state index in [1.54, 1.807) is 6.92 Å². The molecular weight excluding hydrogens is 328 g/mol. The number of rotatable bonds is 6. The van der Waals surface area contributed by atoms with Gasteiger partial charge >= 0.3 is 5.97 Å². The van der Waals surface area contributed by atoms with Crippen LogP contribution in [0.4, 0.5) is 5.00 Å². The number of amides is 1. The number of hydrogen-bond donors (Lipinski definition) is 1. The highest BCUT2D eigenvalue weighted by molar-refractivity contribution is 7.16. The van der Waals surface area contributed by atoms with Crippen LogP contribution in [0.3, 0.4) is 0 Å². The lowest BCUT2D eigenvalue weighted by Gasteiger charge is -2.30. The maximum atomic E-state index is 12.4. The fourth-order valence-corrected chi connectivity index (χ4v) is 4.06. The van der Waals surface area contributed by atoms with Gasteiger partial charge < -0.3 is 14.8 Å². The van der Waals surface area contributed by atoms with Crippen LogP contribution >= 0.6 is 11.3 Å². The summed E-state index contributed by atoms with van der Waals surface area (Å²) in [6.45, 7) is 10.5. The van der Waals surface area contributed by atoms with Gasteiger partial charge in [-0.2, -0.15) is 0 Å². The summed E-state index contributed by atoms with van der Waals surface area (Å²) in [6, 6.07) is 0. The smallest absolute Gasteiger partial charge is 0.341 e. The van der Waals surface area contributed by atoms with Gasteiger partial charge in [0.2, 0.25) is 5.91 Å². The van der Waals surface area contributed by atoms with Crippen molar-refractivity contribution in [1.82, 2.24) is 4.90 Å². The molecule has 1 unspecified atom stereocenters. The molecule has 1 N–H and O–H groups in total. The Morgan fingerprint density at radius 3 is 2.79 bits per heavy atom. The number of hydrogen-bond acceptors (Lipinski definition) is 6. The molecule has 1 amide bonds. The summed E-state index contributed by atoms with van der Waals surface area (Å²) < 4.78 is 10.6. The van der Waals surface area contributed by atoms with Crippen LogP contribution in [0.2, 0.25) is 0 Å². The van der Waals surface area contributed by atoms with Gasteiger partial charge in [0, 0.05) is 18.0 Å². The van der Waals surface area contributed by atoms with E-state index in [0.717, 1.165) is 30.0 Å².